The van der Waals surface area contributed by atoms with Crippen LogP contribution >= 0.6 is 0 Å². The first kappa shape index (κ1) is 13.1. The first-order chi connectivity index (χ1) is 9.55. The fourth-order valence-corrected chi connectivity index (χ4v) is 4.22. The molecule has 0 atom stereocenters. The van der Waals surface area contributed by atoms with Crippen LogP contribution in [0.1, 0.15) is 5.56 Å². The zero-order chi connectivity index (χ0) is 14.2. The van der Waals surface area contributed by atoms with E-state index in [1.165, 1.54) is 16.3 Å². The van der Waals surface area contributed by atoms with E-state index in [2.05, 4.69) is 71.7 Å². The molecule has 0 saturated carbocycles. The summed E-state index contributed by atoms with van der Waals surface area (Å²) in [7, 11) is -1.39. The summed E-state index contributed by atoms with van der Waals surface area (Å²) in [4.78, 5) is 4.60. The number of benzene rings is 1. The van der Waals surface area contributed by atoms with Crippen LogP contribution in [0.2, 0.25) is 19.6 Å². The Labute approximate surface area is 121 Å². The van der Waals surface area contributed by atoms with Crippen LogP contribution in [-0.4, -0.2) is 17.6 Å². The Kier molecular flexibility index (Phi) is 3.22. The van der Waals surface area contributed by atoms with Crippen molar-refractivity contribution in [2.45, 2.75) is 26.2 Å². The van der Waals surface area contributed by atoms with Gasteiger partial charge in [-0.2, -0.15) is 0 Å². The molecular weight excluding hydrogens is 260 g/mol. The summed E-state index contributed by atoms with van der Waals surface area (Å²) in [5.74, 6) is 0. The molecule has 102 valence electrons. The van der Waals surface area contributed by atoms with E-state index in [1.807, 2.05) is 12.3 Å². The van der Waals surface area contributed by atoms with Crippen molar-refractivity contribution in [2.24, 2.45) is 0 Å². The van der Waals surface area contributed by atoms with Crippen LogP contribution in [0.4, 0.5) is 0 Å². The standard InChI is InChI=1S/C17H20N2Si/c1-20(2,3)16-12-15-10-7-11-18-17(15)19(16)13-14-8-5-4-6-9-14/h4-12H,13H2,1-3H3. The molecule has 0 bridgehead atoms. The highest BCUT2D eigenvalue weighted by molar-refractivity contribution is 6.88. The van der Waals surface area contributed by atoms with E-state index in [1.54, 1.807) is 0 Å². The van der Waals surface area contributed by atoms with Crippen molar-refractivity contribution in [2.75, 3.05) is 0 Å². The van der Waals surface area contributed by atoms with Crippen molar-refractivity contribution < 1.29 is 0 Å². The number of rotatable bonds is 3. The summed E-state index contributed by atoms with van der Waals surface area (Å²) >= 11 is 0. The first-order valence-electron chi connectivity index (χ1n) is 7.04. The summed E-state index contributed by atoms with van der Waals surface area (Å²) in [5, 5.41) is 2.72. The minimum atomic E-state index is -1.39. The number of hydrogen-bond acceptors (Lipinski definition) is 1. The molecule has 0 aliphatic heterocycles. The Morgan fingerprint density at radius 2 is 1.75 bits per heavy atom. The van der Waals surface area contributed by atoms with Gasteiger partial charge in [-0.1, -0.05) is 50.0 Å². The molecule has 3 heteroatoms. The molecule has 0 spiro atoms. The lowest BCUT2D eigenvalue weighted by atomic mass is 10.2. The molecular formula is C17H20N2Si. The summed E-state index contributed by atoms with van der Waals surface area (Å²) in [6.45, 7) is 8.08. The van der Waals surface area contributed by atoms with E-state index in [-0.39, 0.29) is 0 Å². The maximum absolute atomic E-state index is 4.60. The lowest BCUT2D eigenvalue weighted by Crippen LogP contribution is -2.42. The zero-order valence-corrected chi connectivity index (χ0v) is 13.3. The lowest BCUT2D eigenvalue weighted by molar-refractivity contribution is 0.844. The number of pyridine rings is 1. The fraction of sp³-hybridized carbons (Fsp3) is 0.235. The topological polar surface area (TPSA) is 17.8 Å². The zero-order valence-electron chi connectivity index (χ0n) is 12.3. The van der Waals surface area contributed by atoms with Gasteiger partial charge in [-0.15, -0.1) is 0 Å². The maximum atomic E-state index is 4.60. The van der Waals surface area contributed by atoms with Gasteiger partial charge in [-0.25, -0.2) is 4.98 Å². The van der Waals surface area contributed by atoms with E-state index in [4.69, 9.17) is 0 Å². The number of aromatic nitrogens is 2. The average Bonchev–Trinajstić information content (AvgIpc) is 2.79. The highest BCUT2D eigenvalue weighted by atomic mass is 28.3. The molecule has 0 fully saturated rings. The monoisotopic (exact) mass is 280 g/mol. The van der Waals surface area contributed by atoms with Gasteiger partial charge in [0.05, 0.1) is 8.07 Å². The maximum Gasteiger partial charge on any atom is 0.140 e. The molecule has 0 amide bonds. The highest BCUT2D eigenvalue weighted by Crippen LogP contribution is 2.17. The minimum Gasteiger partial charge on any atom is -0.329 e. The average molecular weight is 280 g/mol. The summed E-state index contributed by atoms with van der Waals surface area (Å²) in [6, 6.07) is 17.1. The van der Waals surface area contributed by atoms with E-state index in [0.717, 1.165) is 12.2 Å². The molecule has 2 nitrogen and oxygen atoms in total. The van der Waals surface area contributed by atoms with Gasteiger partial charge >= 0.3 is 0 Å². The second-order valence-electron chi connectivity index (χ2n) is 6.27. The molecule has 2 aromatic heterocycles. The second kappa shape index (κ2) is 4.91. The third kappa shape index (κ3) is 2.41. The molecule has 0 saturated heterocycles. The predicted octanol–water partition coefficient (Wildman–Crippen LogP) is 3.63. The minimum absolute atomic E-state index is 0.904. The first-order valence-corrected chi connectivity index (χ1v) is 10.5. The van der Waals surface area contributed by atoms with Crippen LogP contribution in [0, 0.1) is 0 Å². The molecule has 3 rings (SSSR count). The third-order valence-corrected chi connectivity index (χ3v) is 5.56. The van der Waals surface area contributed by atoms with Crippen molar-refractivity contribution in [1.82, 2.24) is 9.55 Å². The van der Waals surface area contributed by atoms with E-state index in [0.29, 0.717) is 0 Å². The van der Waals surface area contributed by atoms with Crippen molar-refractivity contribution >= 4 is 24.4 Å². The van der Waals surface area contributed by atoms with Crippen LogP contribution in [0.5, 0.6) is 0 Å². The Bertz CT molecular complexity index is 724. The van der Waals surface area contributed by atoms with E-state index < -0.39 is 8.07 Å². The van der Waals surface area contributed by atoms with Gasteiger partial charge in [0.2, 0.25) is 0 Å². The molecule has 0 N–H and O–H groups in total. The predicted molar refractivity (Wildman–Crippen MR) is 88.3 cm³/mol. The quantitative estimate of drug-likeness (QED) is 0.670. The Morgan fingerprint density at radius 1 is 1.00 bits per heavy atom. The van der Waals surface area contributed by atoms with Crippen LogP contribution in [0.3, 0.4) is 0 Å². The largest absolute Gasteiger partial charge is 0.329 e. The van der Waals surface area contributed by atoms with Gasteiger partial charge in [0, 0.05) is 23.4 Å². The van der Waals surface area contributed by atoms with Crippen LogP contribution in [-0.2, 0) is 6.54 Å². The van der Waals surface area contributed by atoms with Crippen LogP contribution < -0.4 is 5.32 Å². The molecule has 0 unspecified atom stereocenters. The molecule has 0 aliphatic carbocycles. The van der Waals surface area contributed by atoms with Crippen LogP contribution in [0.25, 0.3) is 11.0 Å². The summed E-state index contributed by atoms with van der Waals surface area (Å²) in [6.07, 6.45) is 1.89. The van der Waals surface area contributed by atoms with Crippen LogP contribution in [0.15, 0.2) is 54.7 Å². The van der Waals surface area contributed by atoms with Gasteiger partial charge < -0.3 is 4.57 Å². The molecule has 20 heavy (non-hydrogen) atoms. The number of fused-ring (bicyclic) bond motifs is 1. The summed E-state index contributed by atoms with van der Waals surface area (Å²) in [5.41, 5.74) is 2.43. The number of hydrogen-bond donors (Lipinski definition) is 0. The van der Waals surface area contributed by atoms with Crippen molar-refractivity contribution in [1.29, 1.82) is 0 Å². The molecule has 0 aliphatic rings. The lowest BCUT2D eigenvalue weighted by Gasteiger charge is -2.20. The SMILES string of the molecule is C[Si](C)(C)c1cc2cccnc2n1Cc1ccccc1. The van der Waals surface area contributed by atoms with Gasteiger partial charge in [-0.05, 0) is 23.8 Å². The van der Waals surface area contributed by atoms with Crippen molar-refractivity contribution in [3.8, 4) is 0 Å². The molecule has 0 radical (unpaired) electrons. The fourth-order valence-electron chi connectivity index (χ4n) is 2.63. The summed E-state index contributed by atoms with van der Waals surface area (Å²) < 4.78 is 2.40. The number of nitrogens with zero attached hydrogens (tertiary/aromatic N) is 2. The van der Waals surface area contributed by atoms with Gasteiger partial charge in [0.1, 0.15) is 5.65 Å². The third-order valence-electron chi connectivity index (χ3n) is 3.61. The Balaban J connectivity index is 2.16. The molecule has 3 aromatic rings. The Hall–Kier alpha value is -1.87. The molecule has 1 aromatic carbocycles. The van der Waals surface area contributed by atoms with Gasteiger partial charge in [-0.3, -0.25) is 0 Å². The van der Waals surface area contributed by atoms with Crippen molar-refractivity contribution in [3.05, 3.63) is 60.3 Å². The highest BCUT2D eigenvalue weighted by Gasteiger charge is 2.23. The van der Waals surface area contributed by atoms with Crippen molar-refractivity contribution in [3.63, 3.8) is 0 Å². The smallest absolute Gasteiger partial charge is 0.140 e. The van der Waals surface area contributed by atoms with Gasteiger partial charge in [0.15, 0.2) is 0 Å². The normalized spacial score (nSPS) is 11.9. The second-order valence-corrected chi connectivity index (χ2v) is 11.3. The van der Waals surface area contributed by atoms with Gasteiger partial charge in [0.25, 0.3) is 0 Å². The van der Waals surface area contributed by atoms with E-state index in [9.17, 15) is 0 Å². The molecule has 2 heterocycles. The Morgan fingerprint density at radius 3 is 2.45 bits per heavy atom. The van der Waals surface area contributed by atoms with E-state index >= 15 is 0 Å².